The number of likely N-dealkylation sites (N-methyl/N-ethyl adjacent to an activating group) is 1. The summed E-state index contributed by atoms with van der Waals surface area (Å²) in [5.41, 5.74) is 7.01. The van der Waals surface area contributed by atoms with E-state index in [0.29, 0.717) is 25.3 Å². The predicted molar refractivity (Wildman–Crippen MR) is 86.9 cm³/mol. The third kappa shape index (κ3) is 3.90. The summed E-state index contributed by atoms with van der Waals surface area (Å²) in [6, 6.07) is 2.24. The first-order valence-electron chi connectivity index (χ1n) is 7.11. The van der Waals surface area contributed by atoms with Crippen molar-refractivity contribution in [3.8, 4) is 0 Å². The summed E-state index contributed by atoms with van der Waals surface area (Å²) in [4.78, 5) is 15.5. The minimum atomic E-state index is -0.218. The summed E-state index contributed by atoms with van der Waals surface area (Å²) in [6.45, 7) is 3.62. The zero-order valence-corrected chi connectivity index (χ0v) is 13.9. The molecule has 2 aromatic rings. The second kappa shape index (κ2) is 7.48. The fourth-order valence-electron chi connectivity index (χ4n) is 2.16. The molecule has 22 heavy (non-hydrogen) atoms. The number of nitrogens with one attached hydrogen (secondary N) is 1. The molecule has 0 aliphatic heterocycles. The average Bonchev–Trinajstić information content (AvgIpc) is 3.09. The standard InChI is InChI=1S/C14H22N6OS/c1-10-4-7-22-13(10)12(19(2)3)8-16-14(21)11-9-20(6-5-15)18-17-11/h4,7,9,12H,5-6,8,15H2,1-3H3,(H,16,21)/t12-/m0/s1. The van der Waals surface area contributed by atoms with Crippen molar-refractivity contribution in [3.63, 3.8) is 0 Å². The number of aryl methyl sites for hydroxylation is 1. The van der Waals surface area contributed by atoms with Crippen molar-refractivity contribution in [2.45, 2.75) is 19.5 Å². The first kappa shape index (κ1) is 16.6. The van der Waals surface area contributed by atoms with Crippen LogP contribution in [-0.2, 0) is 6.54 Å². The normalized spacial score (nSPS) is 12.6. The molecule has 1 amide bonds. The fraction of sp³-hybridized carbons (Fsp3) is 0.500. The van der Waals surface area contributed by atoms with E-state index in [4.69, 9.17) is 5.73 Å². The Morgan fingerprint density at radius 2 is 2.32 bits per heavy atom. The second-order valence-corrected chi connectivity index (χ2v) is 6.26. The minimum Gasteiger partial charge on any atom is -0.349 e. The molecule has 0 spiro atoms. The third-order valence-electron chi connectivity index (χ3n) is 3.41. The molecule has 120 valence electrons. The molecule has 2 rings (SSSR count). The van der Waals surface area contributed by atoms with Gasteiger partial charge in [-0.2, -0.15) is 0 Å². The van der Waals surface area contributed by atoms with Crippen LogP contribution < -0.4 is 11.1 Å². The number of carbonyl (C=O) groups excluding carboxylic acids is 1. The SMILES string of the molecule is Cc1ccsc1[C@H](CNC(=O)c1cn(CCN)nn1)N(C)C. The van der Waals surface area contributed by atoms with Crippen molar-refractivity contribution < 1.29 is 4.79 Å². The molecule has 0 aliphatic carbocycles. The summed E-state index contributed by atoms with van der Waals surface area (Å²) < 4.78 is 1.57. The summed E-state index contributed by atoms with van der Waals surface area (Å²) in [5, 5.41) is 12.7. The lowest BCUT2D eigenvalue weighted by Crippen LogP contribution is -2.34. The van der Waals surface area contributed by atoms with Gasteiger partial charge in [0.25, 0.3) is 5.91 Å². The van der Waals surface area contributed by atoms with Crippen LogP contribution in [0.1, 0.15) is 27.0 Å². The molecule has 0 radical (unpaired) electrons. The van der Waals surface area contributed by atoms with Crippen molar-refractivity contribution >= 4 is 17.2 Å². The van der Waals surface area contributed by atoms with Crippen molar-refractivity contribution in [2.75, 3.05) is 27.2 Å². The molecule has 0 aliphatic rings. The van der Waals surface area contributed by atoms with Crippen LogP contribution in [0.3, 0.4) is 0 Å². The molecular weight excluding hydrogens is 300 g/mol. The number of nitrogens with two attached hydrogens (primary N) is 1. The molecule has 1 atom stereocenters. The second-order valence-electron chi connectivity index (χ2n) is 5.31. The molecule has 8 heteroatoms. The molecule has 2 aromatic heterocycles. The highest BCUT2D eigenvalue weighted by Crippen LogP contribution is 2.26. The van der Waals surface area contributed by atoms with Gasteiger partial charge in [-0.05, 0) is 38.0 Å². The quantitative estimate of drug-likeness (QED) is 0.781. The van der Waals surface area contributed by atoms with Crippen LogP contribution in [0.5, 0.6) is 0 Å². The first-order chi connectivity index (χ1) is 10.5. The smallest absolute Gasteiger partial charge is 0.273 e. The summed E-state index contributed by atoms with van der Waals surface area (Å²) in [5.74, 6) is -0.218. The van der Waals surface area contributed by atoms with E-state index in [-0.39, 0.29) is 11.9 Å². The van der Waals surface area contributed by atoms with Gasteiger partial charge in [-0.25, -0.2) is 0 Å². The highest BCUT2D eigenvalue weighted by Gasteiger charge is 2.19. The predicted octanol–water partition coefficient (Wildman–Crippen LogP) is 0.639. The van der Waals surface area contributed by atoms with Gasteiger partial charge in [-0.3, -0.25) is 9.48 Å². The lowest BCUT2D eigenvalue weighted by atomic mass is 10.1. The summed E-state index contributed by atoms with van der Waals surface area (Å²) >= 11 is 1.71. The minimum absolute atomic E-state index is 0.142. The Labute approximate surface area is 134 Å². The van der Waals surface area contributed by atoms with Gasteiger partial charge in [-0.1, -0.05) is 5.21 Å². The zero-order chi connectivity index (χ0) is 16.1. The number of nitrogens with zero attached hydrogens (tertiary/aromatic N) is 4. The van der Waals surface area contributed by atoms with E-state index in [1.54, 1.807) is 22.2 Å². The van der Waals surface area contributed by atoms with Crippen LogP contribution in [0.15, 0.2) is 17.6 Å². The summed E-state index contributed by atoms with van der Waals surface area (Å²) in [6.07, 6.45) is 1.61. The molecule has 0 aromatic carbocycles. The van der Waals surface area contributed by atoms with Gasteiger partial charge in [-0.15, -0.1) is 16.4 Å². The lowest BCUT2D eigenvalue weighted by Gasteiger charge is -2.24. The topological polar surface area (TPSA) is 89.1 Å². The van der Waals surface area contributed by atoms with Gasteiger partial charge in [0.1, 0.15) is 0 Å². The van der Waals surface area contributed by atoms with Crippen molar-refractivity contribution in [2.24, 2.45) is 5.73 Å². The molecule has 0 bridgehead atoms. The molecule has 0 unspecified atom stereocenters. The van der Waals surface area contributed by atoms with Gasteiger partial charge in [0.05, 0.1) is 18.8 Å². The molecule has 7 nitrogen and oxygen atoms in total. The Kier molecular flexibility index (Phi) is 5.64. The van der Waals surface area contributed by atoms with E-state index in [1.165, 1.54) is 10.4 Å². The van der Waals surface area contributed by atoms with E-state index < -0.39 is 0 Å². The van der Waals surface area contributed by atoms with Crippen LogP contribution in [0.25, 0.3) is 0 Å². The van der Waals surface area contributed by atoms with Gasteiger partial charge < -0.3 is 16.0 Å². The molecule has 0 fully saturated rings. The molecule has 0 saturated heterocycles. The number of amides is 1. The van der Waals surface area contributed by atoms with Crippen molar-refractivity contribution in [3.05, 3.63) is 33.8 Å². The number of rotatable bonds is 7. The molecule has 0 saturated carbocycles. The van der Waals surface area contributed by atoms with E-state index >= 15 is 0 Å². The van der Waals surface area contributed by atoms with Crippen LogP contribution in [0, 0.1) is 6.92 Å². The Bertz CT molecular complexity index is 620. The Morgan fingerprint density at radius 1 is 1.55 bits per heavy atom. The van der Waals surface area contributed by atoms with E-state index in [9.17, 15) is 4.79 Å². The van der Waals surface area contributed by atoms with Crippen LogP contribution >= 0.6 is 11.3 Å². The van der Waals surface area contributed by atoms with Crippen LogP contribution in [0.4, 0.5) is 0 Å². The maximum atomic E-state index is 12.2. The van der Waals surface area contributed by atoms with Gasteiger partial charge >= 0.3 is 0 Å². The average molecular weight is 322 g/mol. The number of aromatic nitrogens is 3. The van der Waals surface area contributed by atoms with Crippen LogP contribution in [0.2, 0.25) is 0 Å². The fourth-order valence-corrected chi connectivity index (χ4v) is 3.28. The summed E-state index contributed by atoms with van der Waals surface area (Å²) in [7, 11) is 4.01. The highest BCUT2D eigenvalue weighted by atomic mass is 32.1. The highest BCUT2D eigenvalue weighted by molar-refractivity contribution is 7.10. The number of carbonyl (C=O) groups is 1. The van der Waals surface area contributed by atoms with Crippen molar-refractivity contribution in [1.29, 1.82) is 0 Å². The molecule has 3 N–H and O–H groups in total. The Morgan fingerprint density at radius 3 is 2.91 bits per heavy atom. The van der Waals surface area contributed by atoms with Gasteiger partial charge in [0.2, 0.25) is 0 Å². The number of hydrogen-bond donors (Lipinski definition) is 2. The van der Waals surface area contributed by atoms with Gasteiger partial charge in [0, 0.05) is 18.0 Å². The number of hydrogen-bond acceptors (Lipinski definition) is 6. The van der Waals surface area contributed by atoms with Crippen LogP contribution in [-0.4, -0.2) is 53.0 Å². The zero-order valence-electron chi connectivity index (χ0n) is 13.1. The molecule has 2 heterocycles. The van der Waals surface area contributed by atoms with E-state index in [1.807, 2.05) is 14.1 Å². The molecular formula is C14H22N6OS. The first-order valence-corrected chi connectivity index (χ1v) is 7.99. The van der Waals surface area contributed by atoms with E-state index in [2.05, 4.69) is 38.9 Å². The maximum absolute atomic E-state index is 12.2. The lowest BCUT2D eigenvalue weighted by molar-refractivity contribution is 0.0937. The van der Waals surface area contributed by atoms with Gasteiger partial charge in [0.15, 0.2) is 5.69 Å². The number of thiophene rings is 1. The van der Waals surface area contributed by atoms with Crippen molar-refractivity contribution in [1.82, 2.24) is 25.2 Å². The largest absolute Gasteiger partial charge is 0.349 e. The third-order valence-corrected chi connectivity index (χ3v) is 4.53. The monoisotopic (exact) mass is 322 g/mol. The Balaban J connectivity index is 2.00. The van der Waals surface area contributed by atoms with E-state index in [0.717, 1.165) is 0 Å². The Hall–Kier alpha value is -1.77. The maximum Gasteiger partial charge on any atom is 0.273 e.